The lowest BCUT2D eigenvalue weighted by atomic mass is 9.97. The first-order valence-electron chi connectivity index (χ1n) is 7.76. The number of hydrogen-bond acceptors (Lipinski definition) is 6. The van der Waals surface area contributed by atoms with Crippen LogP contribution in [0, 0.1) is 5.92 Å². The van der Waals surface area contributed by atoms with E-state index in [0.29, 0.717) is 23.9 Å². The molecular weight excluding hydrogens is 294 g/mol. The fourth-order valence-corrected chi connectivity index (χ4v) is 2.65. The first-order valence-corrected chi connectivity index (χ1v) is 7.76. The van der Waals surface area contributed by atoms with Crippen LogP contribution in [0.1, 0.15) is 26.0 Å². The van der Waals surface area contributed by atoms with Gasteiger partial charge in [-0.1, -0.05) is 20.3 Å². The molecule has 2 atom stereocenters. The number of nitrogens with one attached hydrogen (secondary N) is 2. The Bertz CT molecular complexity index is 686. The van der Waals surface area contributed by atoms with E-state index in [2.05, 4.69) is 27.5 Å². The second-order valence-corrected chi connectivity index (χ2v) is 5.85. The van der Waals surface area contributed by atoms with Crippen molar-refractivity contribution in [2.24, 2.45) is 5.92 Å². The molecule has 3 rings (SSSR count). The highest BCUT2D eigenvalue weighted by molar-refractivity contribution is 6.05. The molecule has 0 aromatic carbocycles. The molecule has 2 unspecified atom stereocenters. The Morgan fingerprint density at radius 2 is 2.26 bits per heavy atom. The number of furan rings is 1. The average Bonchev–Trinajstić information content (AvgIpc) is 3.05. The number of anilines is 3. The van der Waals surface area contributed by atoms with Crippen molar-refractivity contribution in [1.29, 1.82) is 0 Å². The van der Waals surface area contributed by atoms with E-state index in [1.807, 2.05) is 31.0 Å². The van der Waals surface area contributed by atoms with Crippen LogP contribution in [0.2, 0.25) is 0 Å². The fourth-order valence-electron chi connectivity index (χ4n) is 2.65. The van der Waals surface area contributed by atoms with Crippen molar-refractivity contribution in [3.05, 3.63) is 30.5 Å². The fraction of sp³-hybridized carbons (Fsp3) is 0.438. The smallest absolute Gasteiger partial charge is 0.247 e. The highest BCUT2D eigenvalue weighted by Crippen LogP contribution is 2.34. The van der Waals surface area contributed by atoms with E-state index in [-0.39, 0.29) is 17.9 Å². The van der Waals surface area contributed by atoms with Gasteiger partial charge in [-0.3, -0.25) is 4.79 Å². The molecular formula is C16H21N5O2. The minimum atomic E-state index is -0.273. The summed E-state index contributed by atoms with van der Waals surface area (Å²) in [7, 11) is 1.90. The lowest BCUT2D eigenvalue weighted by Crippen LogP contribution is -2.44. The molecule has 2 aromatic heterocycles. The lowest BCUT2D eigenvalue weighted by molar-refractivity contribution is -0.118. The van der Waals surface area contributed by atoms with Crippen LogP contribution in [-0.2, 0) is 11.3 Å². The minimum Gasteiger partial charge on any atom is -0.467 e. The van der Waals surface area contributed by atoms with Crippen molar-refractivity contribution in [2.75, 3.05) is 22.6 Å². The van der Waals surface area contributed by atoms with Crippen molar-refractivity contribution in [3.63, 3.8) is 0 Å². The van der Waals surface area contributed by atoms with Gasteiger partial charge in [0.1, 0.15) is 23.8 Å². The van der Waals surface area contributed by atoms with Gasteiger partial charge in [-0.2, -0.15) is 0 Å². The van der Waals surface area contributed by atoms with Crippen LogP contribution in [-0.4, -0.2) is 29.0 Å². The summed E-state index contributed by atoms with van der Waals surface area (Å²) in [6.45, 7) is 4.67. The van der Waals surface area contributed by atoms with Gasteiger partial charge in [-0.25, -0.2) is 9.97 Å². The SMILES string of the molecule is CCC(C)C1Nc2ncnc(N(C)Cc3ccco3)c2NC1=O. The predicted molar refractivity (Wildman–Crippen MR) is 88.3 cm³/mol. The Labute approximate surface area is 135 Å². The van der Waals surface area contributed by atoms with E-state index in [1.54, 1.807) is 6.26 Å². The van der Waals surface area contributed by atoms with Gasteiger partial charge in [0.05, 0.1) is 12.8 Å². The Hall–Kier alpha value is -2.57. The Morgan fingerprint density at radius 3 is 2.96 bits per heavy atom. The van der Waals surface area contributed by atoms with Gasteiger partial charge in [-0.05, 0) is 18.1 Å². The summed E-state index contributed by atoms with van der Waals surface area (Å²) in [5, 5.41) is 6.19. The molecule has 122 valence electrons. The summed E-state index contributed by atoms with van der Waals surface area (Å²) in [5.41, 5.74) is 0.617. The third kappa shape index (κ3) is 2.99. The number of aromatic nitrogens is 2. The Morgan fingerprint density at radius 1 is 1.43 bits per heavy atom. The molecule has 7 nitrogen and oxygen atoms in total. The van der Waals surface area contributed by atoms with E-state index in [9.17, 15) is 4.79 Å². The van der Waals surface area contributed by atoms with Crippen LogP contribution in [0.5, 0.6) is 0 Å². The minimum absolute atomic E-state index is 0.0469. The number of amides is 1. The molecule has 0 saturated carbocycles. The average molecular weight is 315 g/mol. The van der Waals surface area contributed by atoms with E-state index in [4.69, 9.17) is 4.42 Å². The van der Waals surface area contributed by atoms with Crippen molar-refractivity contribution in [3.8, 4) is 0 Å². The van der Waals surface area contributed by atoms with Crippen molar-refractivity contribution in [1.82, 2.24) is 9.97 Å². The summed E-state index contributed by atoms with van der Waals surface area (Å²) in [6.07, 6.45) is 4.06. The van der Waals surface area contributed by atoms with Crippen LogP contribution < -0.4 is 15.5 Å². The first kappa shape index (κ1) is 15.3. The zero-order valence-corrected chi connectivity index (χ0v) is 13.5. The van der Waals surface area contributed by atoms with Crippen LogP contribution in [0.15, 0.2) is 29.1 Å². The largest absolute Gasteiger partial charge is 0.467 e. The van der Waals surface area contributed by atoms with Gasteiger partial charge in [0.15, 0.2) is 11.6 Å². The van der Waals surface area contributed by atoms with Gasteiger partial charge >= 0.3 is 0 Å². The second-order valence-electron chi connectivity index (χ2n) is 5.85. The molecule has 0 fully saturated rings. The maximum atomic E-state index is 12.4. The number of nitrogens with zero attached hydrogens (tertiary/aromatic N) is 3. The third-order valence-corrected chi connectivity index (χ3v) is 4.20. The number of carbonyl (C=O) groups is 1. The molecule has 1 aliphatic rings. The molecule has 0 aliphatic carbocycles. The maximum Gasteiger partial charge on any atom is 0.247 e. The van der Waals surface area contributed by atoms with Crippen molar-refractivity contribution in [2.45, 2.75) is 32.9 Å². The van der Waals surface area contributed by atoms with Crippen molar-refractivity contribution >= 4 is 23.2 Å². The summed E-state index contributed by atoms with van der Waals surface area (Å²) >= 11 is 0. The number of rotatable bonds is 5. The van der Waals surface area contributed by atoms with Gasteiger partial charge < -0.3 is 20.0 Å². The molecule has 0 saturated heterocycles. The highest BCUT2D eigenvalue weighted by Gasteiger charge is 2.32. The highest BCUT2D eigenvalue weighted by atomic mass is 16.3. The molecule has 23 heavy (non-hydrogen) atoms. The van der Waals surface area contributed by atoms with Crippen LogP contribution >= 0.6 is 0 Å². The summed E-state index contributed by atoms with van der Waals surface area (Å²) in [5.74, 6) is 2.32. The zero-order valence-electron chi connectivity index (χ0n) is 13.5. The molecule has 2 N–H and O–H groups in total. The van der Waals surface area contributed by atoms with Crippen LogP contribution in [0.3, 0.4) is 0 Å². The van der Waals surface area contributed by atoms with Gasteiger partial charge in [0, 0.05) is 7.05 Å². The molecule has 7 heteroatoms. The summed E-state index contributed by atoms with van der Waals surface area (Å²) < 4.78 is 5.37. The normalized spacial score (nSPS) is 17.9. The topological polar surface area (TPSA) is 83.3 Å². The molecule has 1 aliphatic heterocycles. The van der Waals surface area contributed by atoms with E-state index in [0.717, 1.165) is 12.2 Å². The summed E-state index contributed by atoms with van der Waals surface area (Å²) in [6, 6.07) is 3.48. The molecule has 0 radical (unpaired) electrons. The Kier molecular flexibility index (Phi) is 4.18. The molecule has 0 bridgehead atoms. The molecule has 1 amide bonds. The van der Waals surface area contributed by atoms with Crippen LogP contribution in [0.25, 0.3) is 0 Å². The van der Waals surface area contributed by atoms with Gasteiger partial charge in [-0.15, -0.1) is 0 Å². The lowest BCUT2D eigenvalue weighted by Gasteiger charge is -2.31. The van der Waals surface area contributed by atoms with E-state index in [1.165, 1.54) is 6.33 Å². The molecule has 2 aromatic rings. The van der Waals surface area contributed by atoms with Gasteiger partial charge in [0.25, 0.3) is 0 Å². The quantitative estimate of drug-likeness (QED) is 0.882. The summed E-state index contributed by atoms with van der Waals surface area (Å²) in [4.78, 5) is 22.9. The monoisotopic (exact) mass is 315 g/mol. The third-order valence-electron chi connectivity index (χ3n) is 4.20. The number of hydrogen-bond donors (Lipinski definition) is 2. The zero-order chi connectivity index (χ0) is 16.4. The maximum absolute atomic E-state index is 12.4. The van der Waals surface area contributed by atoms with E-state index < -0.39 is 0 Å². The molecule has 0 spiro atoms. The molecule has 3 heterocycles. The van der Waals surface area contributed by atoms with Crippen LogP contribution in [0.4, 0.5) is 17.3 Å². The first-order chi connectivity index (χ1) is 11.1. The standard InChI is InChI=1S/C16H21N5O2/c1-4-10(2)12-16(22)20-13-14(19-12)17-9-18-15(13)21(3)8-11-6-5-7-23-11/h5-7,9-10,12H,4,8H2,1-3H3,(H,20,22)(H,17,18,19). The number of fused-ring (bicyclic) bond motifs is 1. The predicted octanol–water partition coefficient (Wildman–Crippen LogP) is 2.48. The second kappa shape index (κ2) is 6.28. The van der Waals surface area contributed by atoms with Gasteiger partial charge in [0.2, 0.25) is 5.91 Å². The Balaban J connectivity index is 1.86. The van der Waals surface area contributed by atoms with E-state index >= 15 is 0 Å². The van der Waals surface area contributed by atoms with Crippen molar-refractivity contribution < 1.29 is 9.21 Å². The number of carbonyl (C=O) groups excluding carboxylic acids is 1.